The molecule has 0 aliphatic carbocycles. The van der Waals surface area contributed by atoms with Crippen molar-refractivity contribution in [2.75, 3.05) is 13.1 Å². The standard InChI is InChI=1S/C11H20N4O3/c1-8-14-9(18-15-8)7-12-5-6-13-10(16)17-11(2,3)4/h12H,5-7H2,1-4H3,(H,13,16). The average molecular weight is 256 g/mol. The van der Waals surface area contributed by atoms with Crippen molar-refractivity contribution in [3.05, 3.63) is 11.7 Å². The molecule has 0 fully saturated rings. The molecule has 0 aliphatic heterocycles. The third kappa shape index (κ3) is 6.19. The summed E-state index contributed by atoms with van der Waals surface area (Å²) in [7, 11) is 0. The van der Waals surface area contributed by atoms with Crippen LogP contribution in [0.5, 0.6) is 0 Å². The normalized spacial score (nSPS) is 11.3. The number of nitrogens with one attached hydrogen (secondary N) is 2. The molecule has 1 rings (SSSR count). The van der Waals surface area contributed by atoms with E-state index in [4.69, 9.17) is 9.26 Å². The topological polar surface area (TPSA) is 89.3 Å². The molecule has 7 heteroatoms. The first-order valence-electron chi connectivity index (χ1n) is 5.83. The van der Waals surface area contributed by atoms with Gasteiger partial charge in [-0.3, -0.25) is 0 Å². The molecule has 0 atom stereocenters. The zero-order valence-electron chi connectivity index (χ0n) is 11.2. The second kappa shape index (κ2) is 6.34. The van der Waals surface area contributed by atoms with Crippen LogP contribution in [-0.4, -0.2) is 34.9 Å². The average Bonchev–Trinajstić information content (AvgIpc) is 2.61. The number of carbonyl (C=O) groups excluding carboxylic acids is 1. The first kappa shape index (κ1) is 14.4. The van der Waals surface area contributed by atoms with E-state index in [9.17, 15) is 4.79 Å². The number of amides is 1. The van der Waals surface area contributed by atoms with Gasteiger partial charge in [0.2, 0.25) is 5.89 Å². The Bertz CT molecular complexity index is 384. The summed E-state index contributed by atoms with van der Waals surface area (Å²) < 4.78 is 10.0. The minimum Gasteiger partial charge on any atom is -0.444 e. The molecular formula is C11H20N4O3. The van der Waals surface area contributed by atoms with Gasteiger partial charge >= 0.3 is 6.09 Å². The Morgan fingerprint density at radius 1 is 1.39 bits per heavy atom. The van der Waals surface area contributed by atoms with Crippen LogP contribution in [0.4, 0.5) is 4.79 Å². The molecule has 1 aromatic rings. The lowest BCUT2D eigenvalue weighted by Gasteiger charge is -2.19. The summed E-state index contributed by atoms with van der Waals surface area (Å²) in [5, 5.41) is 9.38. The molecule has 0 aliphatic rings. The van der Waals surface area contributed by atoms with Crippen LogP contribution in [-0.2, 0) is 11.3 Å². The van der Waals surface area contributed by atoms with Crippen molar-refractivity contribution in [1.29, 1.82) is 0 Å². The SMILES string of the molecule is Cc1noc(CNCCNC(=O)OC(C)(C)C)n1. The summed E-state index contributed by atoms with van der Waals surface area (Å²) >= 11 is 0. The fourth-order valence-electron chi connectivity index (χ4n) is 1.17. The molecule has 18 heavy (non-hydrogen) atoms. The Morgan fingerprint density at radius 3 is 2.67 bits per heavy atom. The highest BCUT2D eigenvalue weighted by Gasteiger charge is 2.15. The number of hydrogen-bond acceptors (Lipinski definition) is 6. The van der Waals surface area contributed by atoms with Gasteiger partial charge in [-0.05, 0) is 27.7 Å². The van der Waals surface area contributed by atoms with Gasteiger partial charge in [0, 0.05) is 13.1 Å². The highest BCUT2D eigenvalue weighted by molar-refractivity contribution is 5.67. The van der Waals surface area contributed by atoms with Crippen molar-refractivity contribution >= 4 is 6.09 Å². The minimum atomic E-state index is -0.473. The van der Waals surface area contributed by atoms with Gasteiger partial charge in [-0.25, -0.2) is 4.79 Å². The maximum absolute atomic E-state index is 11.3. The monoisotopic (exact) mass is 256 g/mol. The lowest BCUT2D eigenvalue weighted by atomic mass is 10.2. The fourth-order valence-corrected chi connectivity index (χ4v) is 1.17. The second-order valence-electron chi connectivity index (χ2n) is 4.84. The van der Waals surface area contributed by atoms with Crippen LogP contribution in [0.1, 0.15) is 32.5 Å². The van der Waals surface area contributed by atoms with Crippen molar-refractivity contribution < 1.29 is 14.1 Å². The maximum Gasteiger partial charge on any atom is 0.407 e. The van der Waals surface area contributed by atoms with Gasteiger partial charge in [-0.15, -0.1) is 0 Å². The van der Waals surface area contributed by atoms with E-state index in [2.05, 4.69) is 20.8 Å². The van der Waals surface area contributed by atoms with Gasteiger partial charge in [0.25, 0.3) is 0 Å². The zero-order chi connectivity index (χ0) is 13.6. The molecule has 0 unspecified atom stereocenters. The van der Waals surface area contributed by atoms with Gasteiger partial charge in [0.05, 0.1) is 6.54 Å². The van der Waals surface area contributed by atoms with Crippen molar-refractivity contribution in [2.45, 2.75) is 39.8 Å². The van der Waals surface area contributed by atoms with Crippen LogP contribution < -0.4 is 10.6 Å². The molecule has 0 aromatic carbocycles. The van der Waals surface area contributed by atoms with Crippen molar-refractivity contribution in [1.82, 2.24) is 20.8 Å². The first-order valence-corrected chi connectivity index (χ1v) is 5.83. The van der Waals surface area contributed by atoms with Crippen LogP contribution in [0.2, 0.25) is 0 Å². The van der Waals surface area contributed by atoms with Crippen LogP contribution in [0.25, 0.3) is 0 Å². The molecular weight excluding hydrogens is 236 g/mol. The molecule has 1 aromatic heterocycles. The van der Waals surface area contributed by atoms with E-state index >= 15 is 0 Å². The number of aromatic nitrogens is 2. The van der Waals surface area contributed by atoms with Crippen molar-refractivity contribution in [3.63, 3.8) is 0 Å². The van der Waals surface area contributed by atoms with E-state index in [1.54, 1.807) is 6.92 Å². The quantitative estimate of drug-likeness (QED) is 0.764. The van der Waals surface area contributed by atoms with Crippen LogP contribution >= 0.6 is 0 Å². The van der Waals surface area contributed by atoms with Gasteiger partial charge in [-0.2, -0.15) is 4.98 Å². The van der Waals surface area contributed by atoms with Gasteiger partial charge in [0.15, 0.2) is 5.82 Å². The van der Waals surface area contributed by atoms with Crippen LogP contribution in [0.15, 0.2) is 4.52 Å². The Morgan fingerprint density at radius 2 is 2.11 bits per heavy atom. The molecule has 0 bridgehead atoms. The predicted molar refractivity (Wildman–Crippen MR) is 65.0 cm³/mol. The number of aryl methyl sites for hydroxylation is 1. The van der Waals surface area contributed by atoms with Crippen LogP contribution in [0.3, 0.4) is 0 Å². The number of ether oxygens (including phenoxy) is 1. The molecule has 7 nitrogen and oxygen atoms in total. The minimum absolute atomic E-state index is 0.419. The molecule has 0 spiro atoms. The highest BCUT2D eigenvalue weighted by Crippen LogP contribution is 2.05. The van der Waals surface area contributed by atoms with Gasteiger partial charge in [0.1, 0.15) is 5.60 Å². The zero-order valence-corrected chi connectivity index (χ0v) is 11.2. The predicted octanol–water partition coefficient (Wildman–Crippen LogP) is 0.992. The summed E-state index contributed by atoms with van der Waals surface area (Å²) in [4.78, 5) is 15.3. The van der Waals surface area contributed by atoms with E-state index in [0.29, 0.717) is 31.3 Å². The largest absolute Gasteiger partial charge is 0.444 e. The lowest BCUT2D eigenvalue weighted by Crippen LogP contribution is -2.36. The smallest absolute Gasteiger partial charge is 0.407 e. The van der Waals surface area contributed by atoms with Crippen LogP contribution in [0, 0.1) is 6.92 Å². The molecule has 1 amide bonds. The Kier molecular flexibility index (Phi) is 5.08. The van der Waals surface area contributed by atoms with Gasteiger partial charge in [-0.1, -0.05) is 5.16 Å². The third-order valence-corrected chi connectivity index (χ3v) is 1.82. The number of hydrogen-bond donors (Lipinski definition) is 2. The first-order chi connectivity index (χ1) is 8.37. The van der Waals surface area contributed by atoms with E-state index in [1.807, 2.05) is 20.8 Å². The Balaban J connectivity index is 2.07. The molecule has 2 N–H and O–H groups in total. The highest BCUT2D eigenvalue weighted by atomic mass is 16.6. The summed E-state index contributed by atoms with van der Waals surface area (Å²) in [5.74, 6) is 1.14. The molecule has 0 saturated carbocycles. The maximum atomic E-state index is 11.3. The summed E-state index contributed by atoms with van der Waals surface area (Å²) in [6, 6.07) is 0. The molecule has 1 heterocycles. The van der Waals surface area contributed by atoms with E-state index in [1.165, 1.54) is 0 Å². The number of nitrogens with zero attached hydrogens (tertiary/aromatic N) is 2. The van der Waals surface area contributed by atoms with Gasteiger partial charge < -0.3 is 19.9 Å². The van der Waals surface area contributed by atoms with E-state index in [0.717, 1.165) is 0 Å². The number of carbonyl (C=O) groups is 1. The number of rotatable bonds is 5. The molecule has 0 saturated heterocycles. The second-order valence-corrected chi connectivity index (χ2v) is 4.84. The number of alkyl carbamates (subject to hydrolysis) is 1. The van der Waals surface area contributed by atoms with E-state index in [-0.39, 0.29) is 0 Å². The summed E-state index contributed by atoms with van der Waals surface area (Å²) in [5.41, 5.74) is -0.473. The fraction of sp³-hybridized carbons (Fsp3) is 0.727. The van der Waals surface area contributed by atoms with Crippen molar-refractivity contribution in [3.8, 4) is 0 Å². The molecule has 102 valence electrons. The summed E-state index contributed by atoms with van der Waals surface area (Å²) in [6.07, 6.45) is -0.419. The Labute approximate surface area is 106 Å². The van der Waals surface area contributed by atoms with E-state index < -0.39 is 11.7 Å². The summed E-state index contributed by atoms with van der Waals surface area (Å²) in [6.45, 7) is 8.78. The lowest BCUT2D eigenvalue weighted by molar-refractivity contribution is 0.0528. The molecule has 0 radical (unpaired) electrons. The van der Waals surface area contributed by atoms with Crippen molar-refractivity contribution in [2.24, 2.45) is 0 Å². The Hall–Kier alpha value is -1.63. The third-order valence-electron chi connectivity index (χ3n) is 1.82.